The molecule has 1 aromatic heterocycles. The van der Waals surface area contributed by atoms with Gasteiger partial charge in [0.25, 0.3) is 5.91 Å². The number of ether oxygens (including phenoxy) is 1. The highest BCUT2D eigenvalue weighted by Gasteiger charge is 2.19. The smallest absolute Gasteiger partial charge is 0.251 e. The molecule has 3 N–H and O–H groups in total. The zero-order valence-electron chi connectivity index (χ0n) is 17.2. The van der Waals surface area contributed by atoms with Crippen LogP contribution < -0.4 is 10.6 Å². The molecule has 1 aromatic carbocycles. The molecule has 1 fully saturated rings. The predicted octanol–water partition coefficient (Wildman–Crippen LogP) is 1.82. The van der Waals surface area contributed by atoms with Crippen molar-refractivity contribution in [3.05, 3.63) is 59.3 Å². The van der Waals surface area contributed by atoms with Crippen LogP contribution in [0.15, 0.2) is 42.6 Å². The highest BCUT2D eigenvalue weighted by Crippen LogP contribution is 2.18. The van der Waals surface area contributed by atoms with E-state index in [-0.39, 0.29) is 12.5 Å². The van der Waals surface area contributed by atoms with E-state index < -0.39 is 6.10 Å². The van der Waals surface area contributed by atoms with Crippen LogP contribution in [0.25, 0.3) is 0 Å². The van der Waals surface area contributed by atoms with Crippen LogP contribution in [0.1, 0.15) is 34.3 Å². The van der Waals surface area contributed by atoms with E-state index in [1.54, 1.807) is 18.3 Å². The lowest BCUT2D eigenvalue weighted by Gasteiger charge is -2.30. The van der Waals surface area contributed by atoms with Crippen LogP contribution in [0.2, 0.25) is 0 Å². The van der Waals surface area contributed by atoms with Gasteiger partial charge in [0.2, 0.25) is 0 Å². The minimum atomic E-state index is -0.610. The Labute approximate surface area is 177 Å². The second-order valence-corrected chi connectivity index (χ2v) is 8.08. The Morgan fingerprint density at radius 1 is 1.23 bits per heavy atom. The topological polar surface area (TPSA) is 86.7 Å². The van der Waals surface area contributed by atoms with E-state index in [0.29, 0.717) is 24.0 Å². The number of β-amino-alcohol motifs (C(OH)–C–C–N with tert-alkyl or cyclic N) is 1. The van der Waals surface area contributed by atoms with Crippen LogP contribution in [0.3, 0.4) is 0 Å². The van der Waals surface area contributed by atoms with Gasteiger partial charge in [-0.05, 0) is 42.5 Å². The van der Waals surface area contributed by atoms with E-state index in [4.69, 9.17) is 4.74 Å². The first-order chi connectivity index (χ1) is 14.7. The normalized spacial score (nSPS) is 18.4. The molecule has 3 heterocycles. The summed E-state index contributed by atoms with van der Waals surface area (Å²) < 4.78 is 5.37. The third-order valence-corrected chi connectivity index (χ3v) is 5.77. The van der Waals surface area contributed by atoms with Crippen molar-refractivity contribution in [3.8, 4) is 0 Å². The number of rotatable bonds is 7. The summed E-state index contributed by atoms with van der Waals surface area (Å²) in [5, 5.41) is 16.6. The lowest BCUT2D eigenvalue weighted by molar-refractivity contribution is 0.0841. The van der Waals surface area contributed by atoms with E-state index in [9.17, 15) is 9.90 Å². The van der Waals surface area contributed by atoms with Crippen LogP contribution in [-0.2, 0) is 17.7 Å². The first-order valence-corrected chi connectivity index (χ1v) is 10.7. The number of pyridine rings is 1. The zero-order valence-corrected chi connectivity index (χ0v) is 17.2. The second kappa shape index (κ2) is 10.0. The van der Waals surface area contributed by atoms with Gasteiger partial charge in [-0.15, -0.1) is 0 Å². The number of amides is 1. The van der Waals surface area contributed by atoms with Crippen molar-refractivity contribution in [1.82, 2.24) is 15.2 Å². The van der Waals surface area contributed by atoms with Gasteiger partial charge in [-0.3, -0.25) is 9.69 Å². The Kier molecular flexibility index (Phi) is 6.94. The number of anilines is 1. The number of fused-ring (bicyclic) bond motifs is 1. The highest BCUT2D eigenvalue weighted by atomic mass is 16.5. The van der Waals surface area contributed by atoms with Crippen molar-refractivity contribution in [2.24, 2.45) is 0 Å². The molecule has 2 aromatic rings. The molecule has 0 spiro atoms. The number of hydrogen-bond acceptors (Lipinski definition) is 6. The number of nitrogens with zero attached hydrogens (tertiary/aromatic N) is 2. The summed E-state index contributed by atoms with van der Waals surface area (Å²) in [5.74, 6) is 0.498. The Hall–Kier alpha value is -2.48. The van der Waals surface area contributed by atoms with Crippen LogP contribution >= 0.6 is 0 Å². The second-order valence-electron chi connectivity index (χ2n) is 8.08. The molecular weight excluding hydrogens is 380 g/mol. The summed E-state index contributed by atoms with van der Waals surface area (Å²) in [7, 11) is 0. The molecule has 160 valence electrons. The summed E-state index contributed by atoms with van der Waals surface area (Å²) in [4.78, 5) is 19.1. The molecule has 0 saturated carbocycles. The van der Waals surface area contributed by atoms with Gasteiger partial charge in [-0.25, -0.2) is 4.98 Å². The Bertz CT molecular complexity index is 854. The first-order valence-electron chi connectivity index (χ1n) is 10.7. The van der Waals surface area contributed by atoms with Crippen molar-refractivity contribution in [1.29, 1.82) is 0 Å². The fourth-order valence-corrected chi connectivity index (χ4v) is 4.09. The van der Waals surface area contributed by atoms with E-state index in [1.165, 1.54) is 11.1 Å². The maximum absolute atomic E-state index is 12.5. The van der Waals surface area contributed by atoms with Crippen molar-refractivity contribution < 1.29 is 14.6 Å². The molecule has 0 radical (unpaired) electrons. The maximum Gasteiger partial charge on any atom is 0.251 e. The predicted molar refractivity (Wildman–Crippen MR) is 115 cm³/mol. The minimum absolute atomic E-state index is 0.199. The minimum Gasteiger partial charge on any atom is -0.390 e. The van der Waals surface area contributed by atoms with E-state index in [2.05, 4.69) is 44.8 Å². The molecular formula is C23H30N4O3. The summed E-state index contributed by atoms with van der Waals surface area (Å²) in [6.45, 7) is 4.03. The number of hydrogen-bond donors (Lipinski definition) is 3. The third-order valence-electron chi connectivity index (χ3n) is 5.77. The van der Waals surface area contributed by atoms with Crippen LogP contribution in [0, 0.1) is 0 Å². The highest BCUT2D eigenvalue weighted by molar-refractivity contribution is 5.94. The van der Waals surface area contributed by atoms with E-state index in [0.717, 1.165) is 45.6 Å². The summed E-state index contributed by atoms with van der Waals surface area (Å²) in [6.07, 6.45) is 3.89. The number of carbonyl (C=O) groups is 1. The van der Waals surface area contributed by atoms with Gasteiger partial charge in [0.05, 0.1) is 6.10 Å². The quantitative estimate of drug-likeness (QED) is 0.646. The molecule has 2 aliphatic heterocycles. The average molecular weight is 411 g/mol. The molecule has 0 aliphatic carbocycles. The van der Waals surface area contributed by atoms with Crippen molar-refractivity contribution in [2.75, 3.05) is 38.2 Å². The number of benzene rings is 1. The van der Waals surface area contributed by atoms with Crippen molar-refractivity contribution in [3.63, 3.8) is 0 Å². The number of nitrogens with one attached hydrogen (secondary N) is 2. The maximum atomic E-state index is 12.5. The van der Waals surface area contributed by atoms with Crippen molar-refractivity contribution >= 4 is 11.7 Å². The fourth-order valence-electron chi connectivity index (χ4n) is 4.09. The zero-order chi connectivity index (χ0) is 20.8. The molecule has 1 amide bonds. The van der Waals surface area contributed by atoms with Gasteiger partial charge in [-0.2, -0.15) is 0 Å². The van der Waals surface area contributed by atoms with Gasteiger partial charge in [0.1, 0.15) is 5.82 Å². The molecule has 1 atom stereocenters. The summed E-state index contributed by atoms with van der Waals surface area (Å²) >= 11 is 0. The Morgan fingerprint density at radius 2 is 2.03 bits per heavy atom. The third kappa shape index (κ3) is 5.56. The molecule has 0 bridgehead atoms. The lowest BCUT2D eigenvalue weighted by Crippen LogP contribution is -2.42. The monoisotopic (exact) mass is 410 g/mol. The Balaban J connectivity index is 1.24. The van der Waals surface area contributed by atoms with Crippen LogP contribution in [-0.4, -0.2) is 65.9 Å². The Morgan fingerprint density at radius 3 is 2.87 bits per heavy atom. The number of aliphatic hydroxyl groups is 1. The standard InChI is InChI=1S/C23H30N4O3/c28-21(16-27-10-6-17-3-1-2-4-19(17)15-27)14-25-23(29)18-5-9-24-22(13-18)26-20-7-11-30-12-8-20/h1-5,9,13,20-21,28H,6-8,10-12,14-16H2,(H,24,26)(H,25,29). The van der Waals surface area contributed by atoms with Gasteiger partial charge >= 0.3 is 0 Å². The fraction of sp³-hybridized carbons (Fsp3) is 0.478. The lowest BCUT2D eigenvalue weighted by atomic mass is 10.00. The summed E-state index contributed by atoms with van der Waals surface area (Å²) in [5.41, 5.74) is 3.25. The van der Waals surface area contributed by atoms with Crippen LogP contribution in [0.5, 0.6) is 0 Å². The first kappa shape index (κ1) is 20.8. The SMILES string of the molecule is O=C(NCC(O)CN1CCc2ccccc2C1)c1ccnc(NC2CCOCC2)c1. The molecule has 1 unspecified atom stereocenters. The average Bonchev–Trinajstić information content (AvgIpc) is 2.78. The largest absolute Gasteiger partial charge is 0.390 e. The van der Waals surface area contributed by atoms with Crippen LogP contribution in [0.4, 0.5) is 5.82 Å². The molecule has 30 heavy (non-hydrogen) atoms. The van der Waals surface area contributed by atoms with E-state index in [1.807, 2.05) is 0 Å². The number of aromatic nitrogens is 1. The van der Waals surface area contributed by atoms with E-state index >= 15 is 0 Å². The molecule has 7 nitrogen and oxygen atoms in total. The molecule has 2 aliphatic rings. The number of carbonyl (C=O) groups excluding carboxylic acids is 1. The van der Waals surface area contributed by atoms with Gasteiger partial charge in [-0.1, -0.05) is 24.3 Å². The molecule has 4 rings (SSSR count). The van der Waals surface area contributed by atoms with Crippen molar-refractivity contribution in [2.45, 2.75) is 38.0 Å². The molecule has 7 heteroatoms. The van der Waals surface area contributed by atoms with Gasteiger partial charge in [0, 0.05) is 57.2 Å². The van der Waals surface area contributed by atoms with Gasteiger partial charge in [0.15, 0.2) is 0 Å². The number of aliphatic hydroxyl groups excluding tert-OH is 1. The molecule has 1 saturated heterocycles. The summed E-state index contributed by atoms with van der Waals surface area (Å²) in [6, 6.07) is 12.2. The van der Waals surface area contributed by atoms with Gasteiger partial charge < -0.3 is 20.5 Å².